The van der Waals surface area contributed by atoms with E-state index in [1.165, 1.54) is 0 Å². The maximum atomic E-state index is 12.8. The summed E-state index contributed by atoms with van der Waals surface area (Å²) in [6, 6.07) is 11.0. The third kappa shape index (κ3) is 3.68. The Labute approximate surface area is 167 Å². The maximum absolute atomic E-state index is 12.8. The molecule has 2 aromatic heterocycles. The molecule has 0 saturated carbocycles. The van der Waals surface area contributed by atoms with Crippen molar-refractivity contribution in [3.05, 3.63) is 58.0 Å². The summed E-state index contributed by atoms with van der Waals surface area (Å²) in [5.74, 6) is -0.398. The number of esters is 1. The first-order valence-corrected chi connectivity index (χ1v) is 9.84. The second-order valence-corrected chi connectivity index (χ2v) is 7.16. The zero-order valence-electron chi connectivity index (χ0n) is 16.3. The van der Waals surface area contributed by atoms with E-state index in [-0.39, 0.29) is 30.4 Å². The molecule has 0 bridgehead atoms. The minimum atomic E-state index is -0.510. The SMILES string of the molecule is CCOC(=O)c1c(-c2ccccc2)nn2c(C3CCN(CO)CC3)cc(=O)[nH]c12. The number of carbonyl (C=O) groups excluding carboxylic acids is 1. The van der Waals surface area contributed by atoms with Crippen LogP contribution in [0.1, 0.15) is 41.7 Å². The second-order valence-electron chi connectivity index (χ2n) is 7.16. The Morgan fingerprint density at radius 3 is 2.66 bits per heavy atom. The number of fused-ring (bicyclic) bond motifs is 1. The highest BCUT2D eigenvalue weighted by Crippen LogP contribution is 2.31. The number of nitrogens with one attached hydrogen (secondary N) is 1. The molecule has 8 heteroatoms. The van der Waals surface area contributed by atoms with Gasteiger partial charge in [-0.2, -0.15) is 5.10 Å². The molecule has 152 valence electrons. The summed E-state index contributed by atoms with van der Waals surface area (Å²) in [7, 11) is 0. The minimum absolute atomic E-state index is 0.0322. The highest BCUT2D eigenvalue weighted by molar-refractivity contribution is 6.02. The number of hydrogen-bond donors (Lipinski definition) is 2. The lowest BCUT2D eigenvalue weighted by Gasteiger charge is -2.30. The van der Waals surface area contributed by atoms with Gasteiger partial charge in [0, 0.05) is 30.6 Å². The van der Waals surface area contributed by atoms with Crippen LogP contribution in [-0.2, 0) is 4.74 Å². The topological polar surface area (TPSA) is 99.9 Å². The molecule has 1 aliphatic heterocycles. The van der Waals surface area contributed by atoms with Gasteiger partial charge in [-0.15, -0.1) is 0 Å². The summed E-state index contributed by atoms with van der Waals surface area (Å²) in [6.45, 7) is 3.49. The average molecular weight is 396 g/mol. The molecule has 0 unspecified atom stereocenters. The van der Waals surface area contributed by atoms with Gasteiger partial charge < -0.3 is 14.8 Å². The van der Waals surface area contributed by atoms with Crippen molar-refractivity contribution >= 4 is 11.6 Å². The van der Waals surface area contributed by atoms with Crippen LogP contribution in [-0.4, -0.2) is 57.0 Å². The fraction of sp³-hybridized carbons (Fsp3) is 0.381. The second kappa shape index (κ2) is 8.18. The Bertz CT molecular complexity index is 1070. The predicted octanol–water partition coefficient (Wildman–Crippen LogP) is 2.00. The van der Waals surface area contributed by atoms with Gasteiger partial charge in [-0.05, 0) is 19.8 Å². The molecule has 0 radical (unpaired) electrons. The summed E-state index contributed by atoms with van der Waals surface area (Å²) in [4.78, 5) is 30.0. The average Bonchev–Trinajstić information content (AvgIpc) is 3.13. The molecule has 3 heterocycles. The quantitative estimate of drug-likeness (QED) is 0.640. The number of H-pyrrole nitrogens is 1. The van der Waals surface area contributed by atoms with Crippen molar-refractivity contribution in [2.75, 3.05) is 26.4 Å². The number of benzene rings is 1. The van der Waals surface area contributed by atoms with Crippen molar-refractivity contribution in [3.8, 4) is 11.3 Å². The Morgan fingerprint density at radius 2 is 2.00 bits per heavy atom. The molecule has 1 fully saturated rings. The lowest BCUT2D eigenvalue weighted by molar-refractivity contribution is 0.0529. The van der Waals surface area contributed by atoms with Gasteiger partial charge in [0.15, 0.2) is 5.65 Å². The smallest absolute Gasteiger partial charge is 0.344 e. The standard InChI is InChI=1S/C21H24N4O4/c1-2-29-21(28)18-19(15-6-4-3-5-7-15)23-25-16(12-17(27)22-20(18)25)14-8-10-24(13-26)11-9-14/h3-7,12,14,26H,2,8-11,13H2,1H3,(H,22,27). The normalized spacial score (nSPS) is 15.7. The molecule has 0 amide bonds. The first-order chi connectivity index (χ1) is 14.1. The highest BCUT2D eigenvalue weighted by atomic mass is 16.5. The van der Waals surface area contributed by atoms with Crippen LogP contribution in [0.5, 0.6) is 0 Å². The Kier molecular flexibility index (Phi) is 5.46. The van der Waals surface area contributed by atoms with Crippen molar-refractivity contribution < 1.29 is 14.6 Å². The van der Waals surface area contributed by atoms with E-state index in [1.54, 1.807) is 17.5 Å². The van der Waals surface area contributed by atoms with Gasteiger partial charge >= 0.3 is 5.97 Å². The van der Waals surface area contributed by atoms with Crippen LogP contribution in [0.3, 0.4) is 0 Å². The van der Waals surface area contributed by atoms with E-state index in [0.717, 1.165) is 37.2 Å². The third-order valence-corrected chi connectivity index (χ3v) is 5.38. The van der Waals surface area contributed by atoms with Crippen LogP contribution < -0.4 is 5.56 Å². The van der Waals surface area contributed by atoms with Crippen molar-refractivity contribution in [2.24, 2.45) is 0 Å². The molecule has 1 saturated heterocycles. The number of aliphatic hydroxyl groups excluding tert-OH is 1. The number of aromatic amines is 1. The van der Waals surface area contributed by atoms with E-state index in [1.807, 2.05) is 35.2 Å². The number of carbonyl (C=O) groups is 1. The number of aliphatic hydroxyl groups is 1. The van der Waals surface area contributed by atoms with Crippen LogP contribution in [0.4, 0.5) is 0 Å². The molecule has 29 heavy (non-hydrogen) atoms. The van der Waals surface area contributed by atoms with Gasteiger partial charge in [-0.1, -0.05) is 30.3 Å². The molecular weight excluding hydrogens is 372 g/mol. The Balaban J connectivity index is 1.89. The van der Waals surface area contributed by atoms with E-state index in [4.69, 9.17) is 9.84 Å². The van der Waals surface area contributed by atoms with E-state index >= 15 is 0 Å². The molecular formula is C21H24N4O4. The molecule has 1 aliphatic rings. The van der Waals surface area contributed by atoms with Gasteiger partial charge in [0.1, 0.15) is 11.3 Å². The first kappa shape index (κ1) is 19.4. The van der Waals surface area contributed by atoms with Gasteiger partial charge in [0.2, 0.25) is 0 Å². The zero-order valence-corrected chi connectivity index (χ0v) is 16.3. The number of aromatic nitrogens is 3. The zero-order chi connectivity index (χ0) is 20.4. The van der Waals surface area contributed by atoms with Gasteiger partial charge in [-0.3, -0.25) is 9.69 Å². The summed E-state index contributed by atoms with van der Waals surface area (Å²) in [6.07, 6.45) is 1.60. The highest BCUT2D eigenvalue weighted by Gasteiger charge is 2.28. The number of piperidine rings is 1. The lowest BCUT2D eigenvalue weighted by atomic mass is 9.93. The number of likely N-dealkylation sites (tertiary alicyclic amines) is 1. The van der Waals surface area contributed by atoms with E-state index in [9.17, 15) is 14.7 Å². The molecule has 0 spiro atoms. The van der Waals surface area contributed by atoms with E-state index in [2.05, 4.69) is 4.98 Å². The largest absolute Gasteiger partial charge is 0.462 e. The maximum Gasteiger partial charge on any atom is 0.344 e. The van der Waals surface area contributed by atoms with Crippen molar-refractivity contribution in [1.82, 2.24) is 19.5 Å². The summed E-state index contributed by atoms with van der Waals surface area (Å²) in [5.41, 5.74) is 2.39. The molecule has 1 aromatic carbocycles. The summed E-state index contributed by atoms with van der Waals surface area (Å²) >= 11 is 0. The predicted molar refractivity (Wildman–Crippen MR) is 108 cm³/mol. The van der Waals surface area contributed by atoms with Gasteiger partial charge in [0.05, 0.1) is 19.0 Å². The fourth-order valence-corrected chi connectivity index (χ4v) is 3.92. The van der Waals surface area contributed by atoms with Crippen LogP contribution in [0.25, 0.3) is 16.9 Å². The summed E-state index contributed by atoms with van der Waals surface area (Å²) < 4.78 is 6.94. The van der Waals surface area contributed by atoms with Gasteiger partial charge in [-0.25, -0.2) is 9.31 Å². The van der Waals surface area contributed by atoms with Crippen LogP contribution in [0.15, 0.2) is 41.2 Å². The molecule has 4 rings (SSSR count). The van der Waals surface area contributed by atoms with Gasteiger partial charge in [0.25, 0.3) is 5.56 Å². The Morgan fingerprint density at radius 1 is 1.28 bits per heavy atom. The van der Waals surface area contributed by atoms with Crippen LogP contribution >= 0.6 is 0 Å². The molecule has 0 aliphatic carbocycles. The van der Waals surface area contributed by atoms with Crippen molar-refractivity contribution in [1.29, 1.82) is 0 Å². The van der Waals surface area contributed by atoms with Crippen LogP contribution in [0.2, 0.25) is 0 Å². The minimum Gasteiger partial charge on any atom is -0.462 e. The van der Waals surface area contributed by atoms with Crippen molar-refractivity contribution in [3.63, 3.8) is 0 Å². The monoisotopic (exact) mass is 396 g/mol. The van der Waals surface area contributed by atoms with Crippen molar-refractivity contribution in [2.45, 2.75) is 25.7 Å². The molecule has 3 aromatic rings. The molecule has 2 N–H and O–H groups in total. The number of hydrogen-bond acceptors (Lipinski definition) is 6. The van der Waals surface area contributed by atoms with E-state index < -0.39 is 5.97 Å². The number of nitrogens with zero attached hydrogens (tertiary/aromatic N) is 3. The lowest BCUT2D eigenvalue weighted by Crippen LogP contribution is -2.34. The summed E-state index contributed by atoms with van der Waals surface area (Å²) in [5, 5.41) is 14.1. The molecule has 8 nitrogen and oxygen atoms in total. The number of ether oxygens (including phenoxy) is 1. The fourth-order valence-electron chi connectivity index (χ4n) is 3.92. The molecule has 0 atom stereocenters. The van der Waals surface area contributed by atoms with Crippen LogP contribution in [0, 0.1) is 0 Å². The third-order valence-electron chi connectivity index (χ3n) is 5.38. The number of rotatable bonds is 5. The first-order valence-electron chi connectivity index (χ1n) is 9.84. The van der Waals surface area contributed by atoms with E-state index in [0.29, 0.717) is 11.3 Å². The Hall–Kier alpha value is -2.97.